The molecular formula is C14H22N4O2S. The Labute approximate surface area is 126 Å². The number of nitrogens with zero attached hydrogens (tertiary/aromatic N) is 3. The maximum absolute atomic E-state index is 12.8. The van der Waals surface area contributed by atoms with Crippen molar-refractivity contribution >= 4 is 10.0 Å². The van der Waals surface area contributed by atoms with Gasteiger partial charge >= 0.3 is 0 Å². The lowest BCUT2D eigenvalue weighted by Crippen LogP contribution is -2.56. The summed E-state index contributed by atoms with van der Waals surface area (Å²) in [5.41, 5.74) is 6.36. The van der Waals surface area contributed by atoms with Crippen molar-refractivity contribution in [3.63, 3.8) is 0 Å². The standard InChI is InChI=1S/C14H22N4O2S/c1-11-9-17-6-2-3-13(17)10-18(11)21(19,20)14-5-4-12(7-15)8-16-14/h4-5,8,11,13H,2-3,6-7,9-10,15H2,1H3. The van der Waals surface area contributed by atoms with E-state index in [1.165, 1.54) is 0 Å². The molecule has 0 spiro atoms. The van der Waals surface area contributed by atoms with Gasteiger partial charge in [0.1, 0.15) is 0 Å². The van der Waals surface area contributed by atoms with Gasteiger partial charge in [-0.2, -0.15) is 4.31 Å². The second-order valence-electron chi connectivity index (χ2n) is 5.92. The number of aromatic nitrogens is 1. The topological polar surface area (TPSA) is 79.5 Å². The first-order valence-electron chi connectivity index (χ1n) is 7.43. The van der Waals surface area contributed by atoms with E-state index in [-0.39, 0.29) is 11.1 Å². The highest BCUT2D eigenvalue weighted by atomic mass is 32.2. The summed E-state index contributed by atoms with van der Waals surface area (Å²) in [6.07, 6.45) is 3.79. The summed E-state index contributed by atoms with van der Waals surface area (Å²) in [5.74, 6) is 0. The maximum atomic E-state index is 12.8. The van der Waals surface area contributed by atoms with E-state index in [0.29, 0.717) is 19.1 Å². The van der Waals surface area contributed by atoms with E-state index in [4.69, 9.17) is 5.73 Å². The van der Waals surface area contributed by atoms with E-state index in [0.717, 1.165) is 31.5 Å². The van der Waals surface area contributed by atoms with Crippen LogP contribution in [0.4, 0.5) is 0 Å². The molecule has 0 bridgehead atoms. The molecule has 3 rings (SSSR count). The van der Waals surface area contributed by atoms with Crippen LogP contribution in [0.2, 0.25) is 0 Å². The number of fused-ring (bicyclic) bond motifs is 1. The summed E-state index contributed by atoms with van der Waals surface area (Å²) in [5, 5.41) is 0.123. The van der Waals surface area contributed by atoms with Crippen LogP contribution in [0, 0.1) is 0 Å². The van der Waals surface area contributed by atoms with Gasteiger partial charge in [-0.25, -0.2) is 13.4 Å². The van der Waals surface area contributed by atoms with E-state index < -0.39 is 10.0 Å². The average Bonchev–Trinajstić information content (AvgIpc) is 2.93. The summed E-state index contributed by atoms with van der Waals surface area (Å²) >= 11 is 0. The Bertz CT molecular complexity index is 602. The smallest absolute Gasteiger partial charge is 0.260 e. The molecular weight excluding hydrogens is 288 g/mol. The van der Waals surface area contributed by atoms with Gasteiger partial charge in [0.2, 0.25) is 0 Å². The molecule has 3 heterocycles. The van der Waals surface area contributed by atoms with Crippen molar-refractivity contribution in [2.24, 2.45) is 5.73 Å². The molecule has 1 aromatic heterocycles. The first-order valence-corrected chi connectivity index (χ1v) is 8.87. The Hall–Kier alpha value is -1.02. The molecule has 0 amide bonds. The lowest BCUT2D eigenvalue weighted by atomic mass is 10.1. The molecule has 2 aliphatic rings. The van der Waals surface area contributed by atoms with Gasteiger partial charge < -0.3 is 5.73 Å². The van der Waals surface area contributed by atoms with Crippen LogP contribution in [0.15, 0.2) is 23.4 Å². The van der Waals surface area contributed by atoms with Crippen LogP contribution in [0.25, 0.3) is 0 Å². The molecule has 21 heavy (non-hydrogen) atoms. The Morgan fingerprint density at radius 1 is 1.38 bits per heavy atom. The number of pyridine rings is 1. The highest BCUT2D eigenvalue weighted by Gasteiger charge is 2.40. The number of hydrogen-bond donors (Lipinski definition) is 1. The summed E-state index contributed by atoms with van der Waals surface area (Å²) in [7, 11) is -3.52. The summed E-state index contributed by atoms with van der Waals surface area (Å²) in [6.45, 7) is 4.81. The van der Waals surface area contributed by atoms with E-state index >= 15 is 0 Å². The Morgan fingerprint density at radius 3 is 2.86 bits per heavy atom. The van der Waals surface area contributed by atoms with Crippen LogP contribution in [0.5, 0.6) is 0 Å². The van der Waals surface area contributed by atoms with Crippen LogP contribution in [-0.2, 0) is 16.6 Å². The predicted octanol–water partition coefficient (Wildman–Crippen LogP) is 0.398. The molecule has 2 aliphatic heterocycles. The molecule has 2 N–H and O–H groups in total. The van der Waals surface area contributed by atoms with Crippen molar-refractivity contribution in [2.75, 3.05) is 19.6 Å². The third kappa shape index (κ3) is 2.70. The fraction of sp³-hybridized carbons (Fsp3) is 0.643. The van der Waals surface area contributed by atoms with Gasteiger partial charge in [-0.05, 0) is 37.9 Å². The second-order valence-corrected chi connectivity index (χ2v) is 7.76. The molecule has 2 atom stereocenters. The fourth-order valence-electron chi connectivity index (χ4n) is 3.30. The number of piperazine rings is 1. The van der Waals surface area contributed by atoms with Gasteiger partial charge in [-0.15, -0.1) is 0 Å². The van der Waals surface area contributed by atoms with Crippen LogP contribution < -0.4 is 5.73 Å². The summed E-state index contributed by atoms with van der Waals surface area (Å²) in [6, 6.07) is 3.64. The molecule has 2 fully saturated rings. The molecule has 116 valence electrons. The van der Waals surface area contributed by atoms with Crippen molar-refractivity contribution in [1.82, 2.24) is 14.2 Å². The summed E-state index contributed by atoms with van der Waals surface area (Å²) in [4.78, 5) is 6.50. The van der Waals surface area contributed by atoms with Crippen LogP contribution >= 0.6 is 0 Å². The van der Waals surface area contributed by atoms with Gasteiger partial charge in [0.15, 0.2) is 5.03 Å². The van der Waals surface area contributed by atoms with Gasteiger partial charge in [0.25, 0.3) is 10.0 Å². The number of nitrogens with two attached hydrogens (primary N) is 1. The number of rotatable bonds is 3. The molecule has 0 aliphatic carbocycles. The first kappa shape index (κ1) is 14.9. The lowest BCUT2D eigenvalue weighted by Gasteiger charge is -2.41. The second kappa shape index (κ2) is 5.64. The van der Waals surface area contributed by atoms with Crippen molar-refractivity contribution in [3.8, 4) is 0 Å². The minimum atomic E-state index is -3.52. The third-order valence-electron chi connectivity index (χ3n) is 4.49. The third-order valence-corrected chi connectivity index (χ3v) is 6.38. The van der Waals surface area contributed by atoms with E-state index in [2.05, 4.69) is 9.88 Å². The minimum absolute atomic E-state index is 0.0136. The van der Waals surface area contributed by atoms with Crippen molar-refractivity contribution in [3.05, 3.63) is 23.9 Å². The Kier molecular flexibility index (Phi) is 4.00. The quantitative estimate of drug-likeness (QED) is 0.874. The molecule has 0 aromatic carbocycles. The monoisotopic (exact) mass is 310 g/mol. The summed E-state index contributed by atoms with van der Waals surface area (Å²) < 4.78 is 27.2. The van der Waals surface area contributed by atoms with E-state index in [1.54, 1.807) is 22.6 Å². The predicted molar refractivity (Wildman–Crippen MR) is 80.1 cm³/mol. The normalized spacial score (nSPS) is 27.7. The zero-order valence-corrected chi connectivity index (χ0v) is 13.1. The highest BCUT2D eigenvalue weighted by molar-refractivity contribution is 7.89. The molecule has 0 saturated carbocycles. The van der Waals surface area contributed by atoms with Gasteiger partial charge in [0, 0.05) is 37.9 Å². The van der Waals surface area contributed by atoms with E-state index in [1.807, 2.05) is 6.92 Å². The molecule has 2 saturated heterocycles. The van der Waals surface area contributed by atoms with Crippen LogP contribution in [-0.4, -0.2) is 54.3 Å². The van der Waals surface area contributed by atoms with Crippen molar-refractivity contribution < 1.29 is 8.42 Å². The Morgan fingerprint density at radius 2 is 2.19 bits per heavy atom. The SMILES string of the molecule is CC1CN2CCCC2CN1S(=O)(=O)c1ccc(CN)cn1. The lowest BCUT2D eigenvalue weighted by molar-refractivity contribution is 0.117. The first-order chi connectivity index (χ1) is 10.0. The zero-order valence-electron chi connectivity index (χ0n) is 12.3. The molecule has 0 radical (unpaired) electrons. The number of hydrogen-bond acceptors (Lipinski definition) is 5. The zero-order chi connectivity index (χ0) is 15.0. The van der Waals surface area contributed by atoms with Gasteiger partial charge in [-0.1, -0.05) is 6.07 Å². The molecule has 1 aromatic rings. The Balaban J connectivity index is 1.86. The number of sulfonamides is 1. The molecule has 2 unspecified atom stereocenters. The fourth-order valence-corrected chi connectivity index (χ4v) is 4.87. The van der Waals surface area contributed by atoms with Gasteiger partial charge in [0.05, 0.1) is 0 Å². The van der Waals surface area contributed by atoms with Crippen LogP contribution in [0.3, 0.4) is 0 Å². The van der Waals surface area contributed by atoms with E-state index in [9.17, 15) is 8.42 Å². The van der Waals surface area contributed by atoms with Crippen molar-refractivity contribution in [2.45, 2.75) is 43.4 Å². The average molecular weight is 310 g/mol. The molecule has 7 heteroatoms. The highest BCUT2D eigenvalue weighted by Crippen LogP contribution is 2.28. The van der Waals surface area contributed by atoms with Crippen molar-refractivity contribution in [1.29, 1.82) is 0 Å². The van der Waals surface area contributed by atoms with Crippen LogP contribution in [0.1, 0.15) is 25.3 Å². The maximum Gasteiger partial charge on any atom is 0.260 e. The van der Waals surface area contributed by atoms with Gasteiger partial charge in [-0.3, -0.25) is 4.90 Å². The largest absolute Gasteiger partial charge is 0.326 e. The minimum Gasteiger partial charge on any atom is -0.326 e. The molecule has 6 nitrogen and oxygen atoms in total.